The van der Waals surface area contributed by atoms with Crippen LogP contribution in [-0.2, 0) is 4.74 Å². The lowest BCUT2D eigenvalue weighted by Crippen LogP contribution is -2.16. The highest BCUT2D eigenvalue weighted by Gasteiger charge is 2.29. The molecule has 26 heavy (non-hydrogen) atoms. The summed E-state index contributed by atoms with van der Waals surface area (Å²) in [6.07, 6.45) is 7.16. The van der Waals surface area contributed by atoms with Gasteiger partial charge in [0.05, 0.1) is 3.58 Å². The Labute approximate surface area is 169 Å². The number of hydrogen-bond acceptors (Lipinski definition) is 2. The number of hydrogen-bond donors (Lipinski definition) is 0. The Hall–Kier alpha value is -1.75. The normalized spacial score (nSPS) is 19.5. The van der Waals surface area contributed by atoms with E-state index in [4.69, 9.17) is 4.74 Å². The first kappa shape index (κ1) is 17.7. The quantitative estimate of drug-likeness (QED) is 0.490. The van der Waals surface area contributed by atoms with Crippen LogP contribution in [0.15, 0.2) is 65.9 Å². The van der Waals surface area contributed by atoms with E-state index >= 15 is 0 Å². The summed E-state index contributed by atoms with van der Waals surface area (Å²) in [5, 5.41) is 0. The van der Waals surface area contributed by atoms with Gasteiger partial charge in [0.15, 0.2) is 0 Å². The zero-order valence-electron chi connectivity index (χ0n) is 15.3. The molecule has 0 amide bonds. The molecule has 2 aromatic carbocycles. The molecule has 4 rings (SSSR count). The third-order valence-corrected chi connectivity index (χ3v) is 6.28. The van der Waals surface area contributed by atoms with Crippen LogP contribution in [0.3, 0.4) is 0 Å². The van der Waals surface area contributed by atoms with Crippen molar-refractivity contribution in [3.05, 3.63) is 82.6 Å². The number of benzene rings is 2. The molecule has 0 spiro atoms. The minimum atomic E-state index is -0.0428. The number of fused-ring (bicyclic) bond motifs is 1. The smallest absolute Gasteiger partial charge is 0.150 e. The number of allylic oxidation sites excluding steroid dienone is 2. The molecule has 0 aromatic heterocycles. The van der Waals surface area contributed by atoms with E-state index in [0.29, 0.717) is 0 Å². The highest BCUT2D eigenvalue weighted by atomic mass is 127. The van der Waals surface area contributed by atoms with Crippen LogP contribution >= 0.6 is 22.6 Å². The Morgan fingerprint density at radius 3 is 2.46 bits per heavy atom. The van der Waals surface area contributed by atoms with Crippen molar-refractivity contribution in [1.82, 2.24) is 0 Å². The SMILES string of the molecule is CN(C)c1ccc(C2OC(C3=CCCCC3)=C(I)c3ccccc32)cc1. The number of rotatable bonds is 3. The monoisotopic (exact) mass is 457 g/mol. The minimum absolute atomic E-state index is 0.0428. The fourth-order valence-electron chi connectivity index (χ4n) is 3.74. The predicted molar refractivity (Wildman–Crippen MR) is 118 cm³/mol. The number of nitrogens with zero attached hydrogens (tertiary/aromatic N) is 1. The Morgan fingerprint density at radius 1 is 1.00 bits per heavy atom. The van der Waals surface area contributed by atoms with Crippen molar-refractivity contribution in [1.29, 1.82) is 0 Å². The van der Waals surface area contributed by atoms with Crippen LogP contribution in [0, 0.1) is 0 Å². The predicted octanol–water partition coefficient (Wildman–Crippen LogP) is 6.48. The van der Waals surface area contributed by atoms with Crippen LogP contribution in [0.25, 0.3) is 3.58 Å². The van der Waals surface area contributed by atoms with Crippen molar-refractivity contribution in [2.24, 2.45) is 0 Å². The molecule has 1 unspecified atom stereocenters. The molecular weight excluding hydrogens is 433 g/mol. The van der Waals surface area contributed by atoms with Gasteiger partial charge < -0.3 is 9.64 Å². The largest absolute Gasteiger partial charge is 0.480 e. The van der Waals surface area contributed by atoms with Crippen LogP contribution in [-0.4, -0.2) is 14.1 Å². The summed E-state index contributed by atoms with van der Waals surface area (Å²) in [6, 6.07) is 17.4. The van der Waals surface area contributed by atoms with Crippen LogP contribution in [0.2, 0.25) is 0 Å². The molecule has 2 aliphatic rings. The molecule has 134 valence electrons. The summed E-state index contributed by atoms with van der Waals surface area (Å²) in [4.78, 5) is 2.13. The molecule has 0 saturated carbocycles. The van der Waals surface area contributed by atoms with Gasteiger partial charge in [-0.05, 0) is 77.1 Å². The summed E-state index contributed by atoms with van der Waals surface area (Å²) in [6.45, 7) is 0. The molecule has 0 saturated heterocycles. The van der Waals surface area contributed by atoms with Gasteiger partial charge in [0.2, 0.25) is 0 Å². The van der Waals surface area contributed by atoms with Crippen molar-refractivity contribution in [3.8, 4) is 0 Å². The van der Waals surface area contributed by atoms with Gasteiger partial charge in [0, 0.05) is 25.3 Å². The lowest BCUT2D eigenvalue weighted by molar-refractivity contribution is 0.153. The van der Waals surface area contributed by atoms with E-state index in [2.05, 4.69) is 96.2 Å². The van der Waals surface area contributed by atoms with Crippen molar-refractivity contribution in [2.75, 3.05) is 19.0 Å². The van der Waals surface area contributed by atoms with E-state index < -0.39 is 0 Å². The van der Waals surface area contributed by atoms with Gasteiger partial charge >= 0.3 is 0 Å². The highest BCUT2D eigenvalue weighted by molar-refractivity contribution is 14.1. The van der Waals surface area contributed by atoms with Gasteiger partial charge in [-0.3, -0.25) is 0 Å². The molecule has 0 N–H and O–H groups in total. The fraction of sp³-hybridized carbons (Fsp3) is 0.304. The first-order valence-electron chi connectivity index (χ1n) is 9.27. The molecule has 1 aliphatic heterocycles. The maximum Gasteiger partial charge on any atom is 0.150 e. The average molecular weight is 457 g/mol. The van der Waals surface area contributed by atoms with E-state index in [9.17, 15) is 0 Å². The number of anilines is 1. The second-order valence-electron chi connectivity index (χ2n) is 7.19. The molecule has 0 radical (unpaired) electrons. The fourth-order valence-corrected chi connectivity index (χ4v) is 4.70. The van der Waals surface area contributed by atoms with Crippen LogP contribution in [0.1, 0.15) is 48.5 Å². The zero-order valence-corrected chi connectivity index (χ0v) is 17.5. The lowest BCUT2D eigenvalue weighted by Gasteiger charge is -2.31. The van der Waals surface area contributed by atoms with Crippen molar-refractivity contribution in [3.63, 3.8) is 0 Å². The van der Waals surface area contributed by atoms with E-state index in [1.807, 2.05) is 0 Å². The molecule has 0 fully saturated rings. The van der Waals surface area contributed by atoms with Gasteiger partial charge in [-0.15, -0.1) is 0 Å². The lowest BCUT2D eigenvalue weighted by atomic mass is 9.91. The summed E-state index contributed by atoms with van der Waals surface area (Å²) in [5.41, 5.74) is 6.36. The first-order chi connectivity index (χ1) is 12.6. The second kappa shape index (κ2) is 7.47. The maximum absolute atomic E-state index is 6.64. The van der Waals surface area contributed by atoms with E-state index in [1.165, 1.54) is 44.4 Å². The molecule has 1 aliphatic carbocycles. The summed E-state index contributed by atoms with van der Waals surface area (Å²) in [5.74, 6) is 1.09. The molecule has 3 heteroatoms. The van der Waals surface area contributed by atoms with Crippen LogP contribution < -0.4 is 4.90 Å². The van der Waals surface area contributed by atoms with Crippen molar-refractivity contribution in [2.45, 2.75) is 31.8 Å². The van der Waals surface area contributed by atoms with E-state index in [-0.39, 0.29) is 6.10 Å². The zero-order chi connectivity index (χ0) is 18.1. The third kappa shape index (κ3) is 3.29. The Kier molecular flexibility index (Phi) is 5.07. The van der Waals surface area contributed by atoms with Gasteiger partial charge in [0.25, 0.3) is 0 Å². The number of halogens is 1. The maximum atomic E-state index is 6.64. The van der Waals surface area contributed by atoms with E-state index in [0.717, 1.165) is 18.6 Å². The first-order valence-corrected chi connectivity index (χ1v) is 10.4. The third-order valence-electron chi connectivity index (χ3n) is 5.21. The highest BCUT2D eigenvalue weighted by Crippen LogP contribution is 2.46. The second-order valence-corrected chi connectivity index (χ2v) is 8.27. The van der Waals surface area contributed by atoms with Gasteiger partial charge in [0.1, 0.15) is 11.9 Å². The summed E-state index contributed by atoms with van der Waals surface area (Å²) >= 11 is 2.46. The average Bonchev–Trinajstić information content (AvgIpc) is 2.69. The Morgan fingerprint density at radius 2 is 1.77 bits per heavy atom. The molecule has 2 aromatic rings. The molecular formula is C23H24INO. The summed E-state index contributed by atoms with van der Waals surface area (Å²) in [7, 11) is 4.14. The minimum Gasteiger partial charge on any atom is -0.480 e. The van der Waals surface area contributed by atoms with Gasteiger partial charge in [-0.2, -0.15) is 0 Å². The van der Waals surface area contributed by atoms with Crippen LogP contribution in [0.5, 0.6) is 0 Å². The van der Waals surface area contributed by atoms with Gasteiger partial charge in [-0.25, -0.2) is 0 Å². The van der Waals surface area contributed by atoms with E-state index in [1.54, 1.807) is 0 Å². The van der Waals surface area contributed by atoms with Crippen LogP contribution in [0.4, 0.5) is 5.69 Å². The molecule has 1 heterocycles. The van der Waals surface area contributed by atoms with Crippen molar-refractivity contribution >= 4 is 31.9 Å². The molecule has 1 atom stereocenters. The summed E-state index contributed by atoms with van der Waals surface area (Å²) < 4.78 is 7.88. The van der Waals surface area contributed by atoms with Crippen molar-refractivity contribution < 1.29 is 4.74 Å². The topological polar surface area (TPSA) is 12.5 Å². The molecule has 0 bridgehead atoms. The Bertz CT molecular complexity index is 864. The number of ether oxygens (including phenoxy) is 1. The standard InChI is InChI=1S/C23H24INO/c1-25(2)18-14-12-17(13-15-18)22-20-11-7-6-10-19(20)21(24)23(26-22)16-8-4-3-5-9-16/h6-8,10-15,22H,3-5,9H2,1-2H3. The van der Waals surface area contributed by atoms with Gasteiger partial charge in [-0.1, -0.05) is 42.5 Å². The molecule has 2 nitrogen and oxygen atoms in total. The Balaban J connectivity index is 1.78.